The molecule has 35 heavy (non-hydrogen) atoms. The van der Waals surface area contributed by atoms with Crippen LogP contribution in [0.2, 0.25) is 0 Å². The number of aromatic nitrogens is 2. The first-order valence-electron chi connectivity index (χ1n) is 11.9. The van der Waals surface area contributed by atoms with Crippen LogP contribution in [0.1, 0.15) is 42.9 Å². The predicted molar refractivity (Wildman–Crippen MR) is 138 cm³/mol. The first-order chi connectivity index (χ1) is 16.9. The molecule has 1 aliphatic heterocycles. The lowest BCUT2D eigenvalue weighted by Crippen LogP contribution is -2.38. The number of halogens is 1. The molecule has 2 aromatic carbocycles. The van der Waals surface area contributed by atoms with Crippen LogP contribution in [-0.4, -0.2) is 46.5 Å². The molecule has 0 bridgehead atoms. The Morgan fingerprint density at radius 1 is 1.11 bits per heavy atom. The van der Waals surface area contributed by atoms with E-state index in [0.29, 0.717) is 42.0 Å². The van der Waals surface area contributed by atoms with Gasteiger partial charge in [-0.05, 0) is 68.2 Å². The van der Waals surface area contributed by atoms with E-state index in [9.17, 15) is 9.59 Å². The van der Waals surface area contributed by atoms with Crippen molar-refractivity contribution in [3.05, 3.63) is 64.5 Å². The average Bonchev–Trinajstić information content (AvgIpc) is 3.32. The number of anilines is 1. The second-order valence-electron chi connectivity index (χ2n) is 9.21. The summed E-state index contributed by atoms with van der Waals surface area (Å²) in [7, 11) is 0. The highest BCUT2D eigenvalue weighted by atomic mass is 79.9. The Morgan fingerprint density at radius 3 is 2.54 bits per heavy atom. The van der Waals surface area contributed by atoms with E-state index < -0.39 is 0 Å². The quantitative estimate of drug-likeness (QED) is 0.429. The van der Waals surface area contributed by atoms with Crippen LogP contribution in [0.5, 0.6) is 0 Å². The maximum Gasteiger partial charge on any atom is 0.253 e. The van der Waals surface area contributed by atoms with Gasteiger partial charge in [-0.15, -0.1) is 0 Å². The molecule has 0 saturated carbocycles. The molecule has 2 amide bonds. The van der Waals surface area contributed by atoms with Crippen LogP contribution in [0.3, 0.4) is 0 Å². The summed E-state index contributed by atoms with van der Waals surface area (Å²) >= 11 is 3.43. The zero-order valence-electron chi connectivity index (χ0n) is 20.0. The lowest BCUT2D eigenvalue weighted by atomic mass is 9.95. The van der Waals surface area contributed by atoms with E-state index in [2.05, 4.69) is 41.6 Å². The SMILES string of the molecule is CC(C)CNC(=O)c1ccccc1NC(=O)C1CCN(Cc2nc(-c3ccc(Br)cc3)no2)CC1. The minimum atomic E-state index is -0.175. The van der Waals surface area contributed by atoms with Gasteiger partial charge in [0.2, 0.25) is 17.6 Å². The second kappa shape index (κ2) is 11.6. The van der Waals surface area contributed by atoms with Gasteiger partial charge in [0.15, 0.2) is 0 Å². The molecule has 2 heterocycles. The van der Waals surface area contributed by atoms with E-state index in [4.69, 9.17) is 4.52 Å². The summed E-state index contributed by atoms with van der Waals surface area (Å²) in [5, 5.41) is 9.98. The minimum absolute atomic E-state index is 0.0518. The van der Waals surface area contributed by atoms with Gasteiger partial charge < -0.3 is 15.2 Å². The highest BCUT2D eigenvalue weighted by Crippen LogP contribution is 2.24. The molecular formula is C26H30BrN5O3. The van der Waals surface area contributed by atoms with Crippen molar-refractivity contribution < 1.29 is 14.1 Å². The van der Waals surface area contributed by atoms with Crippen LogP contribution >= 0.6 is 15.9 Å². The Hall–Kier alpha value is -3.04. The van der Waals surface area contributed by atoms with Gasteiger partial charge in [0.1, 0.15) is 0 Å². The number of nitrogens with one attached hydrogen (secondary N) is 2. The number of rotatable bonds is 8. The average molecular weight is 540 g/mol. The molecule has 4 rings (SSSR count). The molecule has 1 fully saturated rings. The zero-order valence-corrected chi connectivity index (χ0v) is 21.5. The normalized spacial score (nSPS) is 14.7. The van der Waals surface area contributed by atoms with Crippen LogP contribution in [0.15, 0.2) is 57.5 Å². The molecule has 8 nitrogen and oxygen atoms in total. The van der Waals surface area contributed by atoms with Crippen molar-refractivity contribution in [2.75, 3.05) is 25.0 Å². The molecule has 0 spiro atoms. The number of para-hydroxylation sites is 1. The molecular weight excluding hydrogens is 510 g/mol. The van der Waals surface area contributed by atoms with Crippen LogP contribution in [-0.2, 0) is 11.3 Å². The van der Waals surface area contributed by atoms with Crippen LogP contribution in [0, 0.1) is 11.8 Å². The summed E-state index contributed by atoms with van der Waals surface area (Å²) in [6, 6.07) is 14.9. The first-order valence-corrected chi connectivity index (χ1v) is 12.7. The third-order valence-electron chi connectivity index (χ3n) is 5.99. The lowest BCUT2D eigenvalue weighted by molar-refractivity contribution is -0.121. The summed E-state index contributed by atoms with van der Waals surface area (Å²) in [5.74, 6) is 1.14. The van der Waals surface area contributed by atoms with Gasteiger partial charge in [0.05, 0.1) is 17.8 Å². The molecule has 0 atom stereocenters. The molecule has 1 aromatic heterocycles. The van der Waals surface area contributed by atoms with Crippen molar-refractivity contribution >= 4 is 33.4 Å². The van der Waals surface area contributed by atoms with Crippen LogP contribution < -0.4 is 10.6 Å². The molecule has 9 heteroatoms. The highest BCUT2D eigenvalue weighted by molar-refractivity contribution is 9.10. The van der Waals surface area contributed by atoms with Crippen molar-refractivity contribution in [3.63, 3.8) is 0 Å². The monoisotopic (exact) mass is 539 g/mol. The van der Waals surface area contributed by atoms with Gasteiger partial charge in [-0.25, -0.2) is 0 Å². The molecule has 1 aliphatic rings. The first kappa shape index (κ1) is 25.1. The fourth-order valence-electron chi connectivity index (χ4n) is 4.00. The summed E-state index contributed by atoms with van der Waals surface area (Å²) in [6.45, 7) is 6.73. The van der Waals surface area contributed by atoms with Crippen LogP contribution in [0.25, 0.3) is 11.4 Å². The largest absolute Gasteiger partial charge is 0.352 e. The van der Waals surface area contributed by atoms with Crippen molar-refractivity contribution in [1.29, 1.82) is 0 Å². The Labute approximate surface area is 213 Å². The molecule has 0 aliphatic carbocycles. The number of carbonyl (C=O) groups is 2. The summed E-state index contributed by atoms with van der Waals surface area (Å²) < 4.78 is 6.44. The number of hydrogen-bond donors (Lipinski definition) is 2. The molecule has 184 valence electrons. The number of nitrogens with zero attached hydrogens (tertiary/aromatic N) is 3. The standard InChI is InChI=1S/C26H30BrN5O3/c1-17(2)15-28-26(34)21-5-3-4-6-22(21)29-25(33)19-11-13-32(14-12-19)16-23-30-24(31-35-23)18-7-9-20(27)10-8-18/h3-10,17,19H,11-16H2,1-2H3,(H,28,34)(H,29,33). The van der Waals surface area contributed by atoms with Gasteiger partial charge >= 0.3 is 0 Å². The maximum absolute atomic E-state index is 13.0. The Bertz CT molecular complexity index is 1150. The van der Waals surface area contributed by atoms with Crippen LogP contribution in [0.4, 0.5) is 5.69 Å². The number of likely N-dealkylation sites (tertiary alicyclic amines) is 1. The molecule has 0 radical (unpaired) electrons. The van der Waals surface area contributed by atoms with E-state index >= 15 is 0 Å². The topological polar surface area (TPSA) is 100 Å². The summed E-state index contributed by atoms with van der Waals surface area (Å²) in [6.07, 6.45) is 1.45. The van der Waals surface area contributed by atoms with Gasteiger partial charge in [0, 0.05) is 22.5 Å². The number of amides is 2. The third-order valence-corrected chi connectivity index (χ3v) is 6.52. The van der Waals surface area contributed by atoms with Gasteiger partial charge in [-0.3, -0.25) is 14.5 Å². The predicted octanol–water partition coefficient (Wildman–Crippen LogP) is 4.74. The third kappa shape index (κ3) is 6.76. The smallest absolute Gasteiger partial charge is 0.253 e. The van der Waals surface area contributed by atoms with Crippen molar-refractivity contribution in [1.82, 2.24) is 20.4 Å². The van der Waals surface area contributed by atoms with E-state index in [1.165, 1.54) is 0 Å². The van der Waals surface area contributed by atoms with E-state index in [-0.39, 0.29) is 17.7 Å². The highest BCUT2D eigenvalue weighted by Gasteiger charge is 2.27. The lowest BCUT2D eigenvalue weighted by Gasteiger charge is -2.30. The number of piperidine rings is 1. The second-order valence-corrected chi connectivity index (χ2v) is 10.1. The van der Waals surface area contributed by atoms with Crippen molar-refractivity contribution in [2.24, 2.45) is 11.8 Å². The maximum atomic E-state index is 13.0. The van der Waals surface area contributed by atoms with Gasteiger partial charge in [0.25, 0.3) is 5.91 Å². The number of benzene rings is 2. The fourth-order valence-corrected chi connectivity index (χ4v) is 4.26. The van der Waals surface area contributed by atoms with Crippen molar-refractivity contribution in [2.45, 2.75) is 33.2 Å². The molecule has 1 saturated heterocycles. The molecule has 0 unspecified atom stereocenters. The fraction of sp³-hybridized carbons (Fsp3) is 0.385. The Morgan fingerprint density at radius 2 is 1.83 bits per heavy atom. The Balaban J connectivity index is 1.29. The minimum Gasteiger partial charge on any atom is -0.352 e. The number of hydrogen-bond acceptors (Lipinski definition) is 6. The Kier molecular flexibility index (Phi) is 8.30. The molecule has 2 N–H and O–H groups in total. The van der Waals surface area contributed by atoms with Crippen molar-refractivity contribution in [3.8, 4) is 11.4 Å². The van der Waals surface area contributed by atoms with Gasteiger partial charge in [-0.1, -0.05) is 47.1 Å². The molecule has 3 aromatic rings. The zero-order chi connectivity index (χ0) is 24.8. The van der Waals surface area contributed by atoms with E-state index in [1.54, 1.807) is 18.2 Å². The summed E-state index contributed by atoms with van der Waals surface area (Å²) in [4.78, 5) is 32.2. The number of carbonyl (C=O) groups excluding carboxylic acids is 2. The van der Waals surface area contributed by atoms with E-state index in [0.717, 1.165) is 36.0 Å². The summed E-state index contributed by atoms with van der Waals surface area (Å²) in [5.41, 5.74) is 1.93. The van der Waals surface area contributed by atoms with Gasteiger partial charge in [-0.2, -0.15) is 4.98 Å². The van der Waals surface area contributed by atoms with E-state index in [1.807, 2.05) is 44.2 Å².